The fourth-order valence-electron chi connectivity index (χ4n) is 2.72. The van der Waals surface area contributed by atoms with Gasteiger partial charge in [0, 0.05) is 7.05 Å². The molecule has 0 aliphatic rings. The van der Waals surface area contributed by atoms with Crippen molar-refractivity contribution in [1.29, 1.82) is 0 Å². The van der Waals surface area contributed by atoms with Crippen LogP contribution in [-0.2, 0) is 13.7 Å². The second-order valence-electron chi connectivity index (χ2n) is 5.52. The molecular formula is C15H19N5OS. The van der Waals surface area contributed by atoms with E-state index >= 15 is 0 Å². The van der Waals surface area contributed by atoms with Gasteiger partial charge in [-0.05, 0) is 44.4 Å². The Morgan fingerprint density at radius 1 is 1.32 bits per heavy atom. The predicted molar refractivity (Wildman–Crippen MR) is 89.7 cm³/mol. The Bertz CT molecular complexity index is 952. The summed E-state index contributed by atoms with van der Waals surface area (Å²) in [5, 5.41) is 5.19. The van der Waals surface area contributed by atoms with Crippen molar-refractivity contribution in [2.75, 3.05) is 13.6 Å². The lowest BCUT2D eigenvalue weighted by molar-refractivity contribution is 0.253. The Morgan fingerprint density at radius 3 is 2.77 bits per heavy atom. The van der Waals surface area contributed by atoms with E-state index in [2.05, 4.69) is 16.9 Å². The molecule has 3 rings (SSSR count). The highest BCUT2D eigenvalue weighted by Crippen LogP contribution is 2.13. The molecule has 0 amide bonds. The van der Waals surface area contributed by atoms with Crippen molar-refractivity contribution in [1.82, 2.24) is 23.6 Å². The molecule has 0 spiro atoms. The van der Waals surface area contributed by atoms with Gasteiger partial charge in [-0.3, -0.25) is 18.7 Å². The lowest BCUT2D eigenvalue weighted by Gasteiger charge is -2.14. The maximum absolute atomic E-state index is 12.4. The van der Waals surface area contributed by atoms with E-state index < -0.39 is 0 Å². The summed E-state index contributed by atoms with van der Waals surface area (Å²) in [7, 11) is 3.76. The van der Waals surface area contributed by atoms with E-state index in [1.54, 1.807) is 16.3 Å². The van der Waals surface area contributed by atoms with Crippen LogP contribution in [0.15, 0.2) is 29.1 Å². The minimum Gasteiger partial charge on any atom is -0.287 e. The van der Waals surface area contributed by atoms with Gasteiger partial charge >= 0.3 is 0 Å². The molecule has 0 fully saturated rings. The number of hydrogen-bond acceptors (Lipinski definition) is 4. The van der Waals surface area contributed by atoms with E-state index in [1.165, 1.54) is 0 Å². The van der Waals surface area contributed by atoms with Gasteiger partial charge in [-0.25, -0.2) is 4.68 Å². The average Bonchev–Trinajstić information content (AvgIpc) is 2.82. The van der Waals surface area contributed by atoms with Crippen molar-refractivity contribution in [3.05, 3.63) is 39.4 Å². The zero-order valence-electron chi connectivity index (χ0n) is 13.0. The topological polar surface area (TPSA) is 47.5 Å². The summed E-state index contributed by atoms with van der Waals surface area (Å²) < 4.78 is 5.79. The van der Waals surface area contributed by atoms with Gasteiger partial charge in [-0.1, -0.05) is 19.1 Å². The van der Waals surface area contributed by atoms with E-state index in [4.69, 9.17) is 12.2 Å². The molecule has 0 aliphatic heterocycles. The van der Waals surface area contributed by atoms with Gasteiger partial charge < -0.3 is 0 Å². The van der Waals surface area contributed by atoms with Crippen molar-refractivity contribution < 1.29 is 0 Å². The maximum atomic E-state index is 12.4. The highest BCUT2D eigenvalue weighted by Gasteiger charge is 2.13. The molecule has 0 atom stereocenters. The number of rotatable bonds is 4. The number of para-hydroxylation sites is 1. The molecule has 0 saturated carbocycles. The van der Waals surface area contributed by atoms with E-state index in [9.17, 15) is 4.79 Å². The van der Waals surface area contributed by atoms with Crippen LogP contribution >= 0.6 is 12.2 Å². The minimum atomic E-state index is -0.0582. The van der Waals surface area contributed by atoms with Gasteiger partial charge in [0.15, 0.2) is 0 Å². The molecule has 0 N–H and O–H groups in total. The lowest BCUT2D eigenvalue weighted by atomic mass is 10.2. The first-order chi connectivity index (χ1) is 10.5. The van der Waals surface area contributed by atoms with Crippen LogP contribution in [0.2, 0.25) is 0 Å². The van der Waals surface area contributed by atoms with Gasteiger partial charge in [0.25, 0.3) is 5.56 Å². The van der Waals surface area contributed by atoms with E-state index in [0.29, 0.717) is 22.6 Å². The molecular weight excluding hydrogens is 298 g/mol. The fourth-order valence-corrected chi connectivity index (χ4v) is 3.00. The normalized spacial score (nSPS) is 11.8. The molecule has 22 heavy (non-hydrogen) atoms. The summed E-state index contributed by atoms with van der Waals surface area (Å²) in [6.45, 7) is 3.71. The van der Waals surface area contributed by atoms with Crippen LogP contribution in [0.5, 0.6) is 0 Å². The molecule has 7 heteroatoms. The number of nitrogens with zero attached hydrogens (tertiary/aromatic N) is 5. The quantitative estimate of drug-likeness (QED) is 0.691. The Labute approximate surface area is 133 Å². The molecule has 2 aromatic heterocycles. The number of benzene rings is 1. The van der Waals surface area contributed by atoms with Gasteiger partial charge in [0.2, 0.25) is 10.5 Å². The third kappa shape index (κ3) is 2.26. The summed E-state index contributed by atoms with van der Waals surface area (Å²) in [4.78, 5) is 14.6. The summed E-state index contributed by atoms with van der Waals surface area (Å²) in [6.07, 6.45) is 1.07. The molecule has 2 heterocycles. The van der Waals surface area contributed by atoms with Crippen LogP contribution in [-0.4, -0.2) is 37.2 Å². The van der Waals surface area contributed by atoms with Gasteiger partial charge in [0.05, 0.1) is 17.6 Å². The monoisotopic (exact) mass is 317 g/mol. The largest absolute Gasteiger partial charge is 0.287 e. The smallest absolute Gasteiger partial charge is 0.262 e. The van der Waals surface area contributed by atoms with Crippen LogP contribution in [0.3, 0.4) is 0 Å². The van der Waals surface area contributed by atoms with Gasteiger partial charge in [0.1, 0.15) is 0 Å². The minimum absolute atomic E-state index is 0.0582. The van der Waals surface area contributed by atoms with E-state index in [0.717, 1.165) is 18.5 Å². The number of aromatic nitrogens is 4. The fraction of sp³-hybridized carbons (Fsp3) is 0.400. The molecule has 1 aromatic carbocycles. The van der Waals surface area contributed by atoms with Crippen LogP contribution in [0.25, 0.3) is 16.7 Å². The standard InChI is InChI=1S/C15H19N5OS/c1-4-9-17(2)10-19-15(22)20-12-8-6-5-7-11(12)13(21)18(3)14(20)16-19/h5-8H,4,9-10H2,1-3H3. The Hall–Kier alpha value is -1.99. The molecule has 0 bridgehead atoms. The Kier molecular flexibility index (Phi) is 3.84. The third-order valence-electron chi connectivity index (χ3n) is 3.78. The maximum Gasteiger partial charge on any atom is 0.262 e. The molecule has 3 aromatic rings. The average molecular weight is 317 g/mol. The van der Waals surface area contributed by atoms with Gasteiger partial charge in [-0.2, -0.15) is 0 Å². The first kappa shape index (κ1) is 14.9. The second kappa shape index (κ2) is 5.66. The van der Waals surface area contributed by atoms with Crippen LogP contribution in [0.1, 0.15) is 13.3 Å². The number of fused-ring (bicyclic) bond motifs is 3. The molecule has 0 saturated heterocycles. The number of aryl methyl sites for hydroxylation is 1. The SMILES string of the molecule is CCCN(C)Cn1nc2n(C)c(=O)c3ccccc3n2c1=S. The van der Waals surface area contributed by atoms with Crippen LogP contribution < -0.4 is 5.56 Å². The van der Waals surface area contributed by atoms with Crippen molar-refractivity contribution >= 4 is 28.9 Å². The van der Waals surface area contributed by atoms with Crippen LogP contribution in [0, 0.1) is 4.77 Å². The van der Waals surface area contributed by atoms with Crippen molar-refractivity contribution in [3.8, 4) is 0 Å². The molecule has 116 valence electrons. The molecule has 6 nitrogen and oxygen atoms in total. The lowest BCUT2D eigenvalue weighted by Crippen LogP contribution is -2.23. The molecule has 0 radical (unpaired) electrons. The number of hydrogen-bond donors (Lipinski definition) is 0. The third-order valence-corrected chi connectivity index (χ3v) is 4.18. The zero-order valence-corrected chi connectivity index (χ0v) is 13.8. The van der Waals surface area contributed by atoms with Crippen molar-refractivity contribution in [2.45, 2.75) is 20.0 Å². The highest BCUT2D eigenvalue weighted by molar-refractivity contribution is 7.71. The molecule has 0 aliphatic carbocycles. The van der Waals surface area contributed by atoms with Gasteiger partial charge in [-0.15, -0.1) is 5.10 Å². The first-order valence-corrected chi connectivity index (χ1v) is 7.71. The van der Waals surface area contributed by atoms with E-state index in [-0.39, 0.29) is 5.56 Å². The second-order valence-corrected chi connectivity index (χ2v) is 5.89. The Morgan fingerprint density at radius 2 is 2.05 bits per heavy atom. The van der Waals surface area contributed by atoms with Crippen molar-refractivity contribution in [3.63, 3.8) is 0 Å². The first-order valence-electron chi connectivity index (χ1n) is 7.30. The predicted octanol–water partition coefficient (Wildman–Crippen LogP) is 2.02. The summed E-state index contributed by atoms with van der Waals surface area (Å²) in [5.41, 5.74) is 0.743. The Balaban J connectivity index is 2.30. The summed E-state index contributed by atoms with van der Waals surface area (Å²) in [5.74, 6) is 0.568. The molecule has 0 unspecified atom stereocenters. The van der Waals surface area contributed by atoms with E-state index in [1.807, 2.05) is 35.7 Å². The zero-order chi connectivity index (χ0) is 15.9. The van der Waals surface area contributed by atoms with Crippen molar-refractivity contribution in [2.24, 2.45) is 7.05 Å². The summed E-state index contributed by atoms with van der Waals surface area (Å²) in [6, 6.07) is 7.49. The summed E-state index contributed by atoms with van der Waals surface area (Å²) >= 11 is 5.58. The van der Waals surface area contributed by atoms with Crippen LogP contribution in [0.4, 0.5) is 0 Å². The highest BCUT2D eigenvalue weighted by atomic mass is 32.1.